The number of hydrogen-bond donors (Lipinski definition) is 1. The molecule has 3 aromatic carbocycles. The fourth-order valence-electron chi connectivity index (χ4n) is 4.48. The highest BCUT2D eigenvalue weighted by Crippen LogP contribution is 2.49. The molecule has 1 nitrogen and oxygen atoms in total. The molecular weight excluding hydrogens is 326 g/mol. The zero-order chi connectivity index (χ0) is 18.9. The van der Waals surface area contributed by atoms with Crippen molar-refractivity contribution in [3.8, 4) is 11.1 Å². The fourth-order valence-corrected chi connectivity index (χ4v) is 4.48. The van der Waals surface area contributed by atoms with Crippen LogP contribution in [0.25, 0.3) is 11.1 Å². The largest absolute Gasteiger partial charge is 0.308 e. The summed E-state index contributed by atoms with van der Waals surface area (Å²) < 4.78 is 0. The lowest BCUT2D eigenvalue weighted by molar-refractivity contribution is 0.396. The maximum absolute atomic E-state index is 3.79. The van der Waals surface area contributed by atoms with Crippen LogP contribution < -0.4 is 5.32 Å². The highest BCUT2D eigenvalue weighted by molar-refractivity contribution is 5.80. The Labute approximate surface area is 163 Å². The van der Waals surface area contributed by atoms with Crippen LogP contribution in [0.15, 0.2) is 72.8 Å². The molecule has 0 fully saturated rings. The molecule has 138 valence electrons. The lowest BCUT2D eigenvalue weighted by atomic mass is 9.80. The first-order chi connectivity index (χ1) is 13.1. The first kappa shape index (κ1) is 18.0. The van der Waals surface area contributed by atoms with Gasteiger partial charge in [-0.1, -0.05) is 86.1 Å². The van der Waals surface area contributed by atoms with Crippen LogP contribution in [0.3, 0.4) is 0 Å². The van der Waals surface area contributed by atoms with Gasteiger partial charge in [0.2, 0.25) is 0 Å². The zero-order valence-electron chi connectivity index (χ0n) is 16.6. The van der Waals surface area contributed by atoms with E-state index < -0.39 is 0 Å². The van der Waals surface area contributed by atoms with Crippen LogP contribution in [0, 0.1) is 0 Å². The molecule has 0 unspecified atom stereocenters. The molecule has 1 aliphatic carbocycles. The minimum Gasteiger partial charge on any atom is -0.308 e. The minimum atomic E-state index is -0.0573. The van der Waals surface area contributed by atoms with Gasteiger partial charge >= 0.3 is 0 Å². The van der Waals surface area contributed by atoms with Crippen LogP contribution in [-0.2, 0) is 5.54 Å². The van der Waals surface area contributed by atoms with Gasteiger partial charge in [0.15, 0.2) is 0 Å². The van der Waals surface area contributed by atoms with Gasteiger partial charge in [0.05, 0.1) is 0 Å². The highest BCUT2D eigenvalue weighted by atomic mass is 14.9. The number of nitrogens with one attached hydrogen (secondary N) is 1. The van der Waals surface area contributed by atoms with E-state index in [4.69, 9.17) is 0 Å². The molecule has 0 aliphatic heterocycles. The van der Waals surface area contributed by atoms with Crippen molar-refractivity contribution in [2.45, 2.75) is 45.1 Å². The van der Waals surface area contributed by atoms with Crippen molar-refractivity contribution in [1.29, 1.82) is 0 Å². The molecule has 1 heteroatoms. The summed E-state index contributed by atoms with van der Waals surface area (Å²) in [5, 5.41) is 3.79. The summed E-state index contributed by atoms with van der Waals surface area (Å²) in [5.74, 6) is 0.306. The smallest absolute Gasteiger partial charge is 0.0380 e. The molecule has 0 saturated carbocycles. The SMILES string of the molecule is CCCCNC(C)(C)c1ccccc1C1c2ccccc2-c2ccccc21. The summed E-state index contributed by atoms with van der Waals surface area (Å²) in [4.78, 5) is 0. The van der Waals surface area contributed by atoms with Gasteiger partial charge in [-0.05, 0) is 60.2 Å². The van der Waals surface area contributed by atoms with Crippen LogP contribution in [0.4, 0.5) is 0 Å². The molecule has 0 heterocycles. The van der Waals surface area contributed by atoms with E-state index in [1.807, 2.05) is 0 Å². The molecule has 0 amide bonds. The molecule has 0 spiro atoms. The van der Waals surface area contributed by atoms with Crippen molar-refractivity contribution < 1.29 is 0 Å². The van der Waals surface area contributed by atoms with Crippen molar-refractivity contribution in [2.24, 2.45) is 0 Å². The van der Waals surface area contributed by atoms with Crippen LogP contribution in [0.5, 0.6) is 0 Å². The average Bonchev–Trinajstić information content (AvgIpc) is 3.02. The van der Waals surface area contributed by atoms with E-state index >= 15 is 0 Å². The maximum Gasteiger partial charge on any atom is 0.0380 e. The summed E-state index contributed by atoms with van der Waals surface area (Å²) in [6.45, 7) is 7.92. The number of unbranched alkanes of at least 4 members (excludes halogenated alkanes) is 1. The lowest BCUT2D eigenvalue weighted by Gasteiger charge is -2.31. The number of hydrogen-bond acceptors (Lipinski definition) is 1. The van der Waals surface area contributed by atoms with Crippen molar-refractivity contribution in [1.82, 2.24) is 5.32 Å². The third-order valence-corrected chi connectivity index (χ3v) is 5.88. The summed E-state index contributed by atoms with van der Waals surface area (Å²) >= 11 is 0. The van der Waals surface area contributed by atoms with E-state index in [0.717, 1.165) is 6.54 Å². The Kier molecular flexibility index (Phi) is 4.88. The Morgan fingerprint density at radius 3 is 1.85 bits per heavy atom. The average molecular weight is 356 g/mol. The van der Waals surface area contributed by atoms with Gasteiger partial charge in [-0.25, -0.2) is 0 Å². The molecule has 1 aliphatic rings. The topological polar surface area (TPSA) is 12.0 Å². The summed E-state index contributed by atoms with van der Waals surface area (Å²) in [6.07, 6.45) is 2.43. The zero-order valence-corrected chi connectivity index (χ0v) is 16.6. The minimum absolute atomic E-state index is 0.0573. The monoisotopic (exact) mass is 355 g/mol. The third kappa shape index (κ3) is 3.21. The van der Waals surface area contributed by atoms with E-state index in [1.165, 1.54) is 46.2 Å². The highest BCUT2D eigenvalue weighted by Gasteiger charge is 2.33. The van der Waals surface area contributed by atoms with Crippen molar-refractivity contribution in [3.05, 3.63) is 95.1 Å². The second-order valence-electron chi connectivity index (χ2n) is 8.10. The Balaban J connectivity index is 1.83. The fraction of sp³-hybridized carbons (Fsp3) is 0.308. The van der Waals surface area contributed by atoms with Gasteiger partial charge in [0.25, 0.3) is 0 Å². The van der Waals surface area contributed by atoms with Crippen molar-refractivity contribution in [3.63, 3.8) is 0 Å². The normalized spacial score (nSPS) is 13.4. The Morgan fingerprint density at radius 1 is 0.741 bits per heavy atom. The van der Waals surface area contributed by atoms with Gasteiger partial charge in [0.1, 0.15) is 0 Å². The second-order valence-corrected chi connectivity index (χ2v) is 8.10. The summed E-state index contributed by atoms with van der Waals surface area (Å²) in [5.41, 5.74) is 8.37. The quantitative estimate of drug-likeness (QED) is 0.391. The summed E-state index contributed by atoms with van der Waals surface area (Å²) in [7, 11) is 0. The van der Waals surface area contributed by atoms with E-state index in [2.05, 4.69) is 98.9 Å². The van der Waals surface area contributed by atoms with E-state index in [-0.39, 0.29) is 5.54 Å². The predicted molar refractivity (Wildman–Crippen MR) is 115 cm³/mol. The molecule has 0 saturated heterocycles. The lowest BCUT2D eigenvalue weighted by Crippen LogP contribution is -2.38. The molecule has 0 aromatic heterocycles. The molecule has 0 radical (unpaired) electrons. The van der Waals surface area contributed by atoms with E-state index in [0.29, 0.717) is 5.92 Å². The Bertz CT molecular complexity index is 893. The van der Waals surface area contributed by atoms with E-state index in [1.54, 1.807) is 0 Å². The molecule has 1 N–H and O–H groups in total. The molecule has 4 rings (SSSR count). The van der Waals surface area contributed by atoms with Crippen molar-refractivity contribution in [2.75, 3.05) is 6.54 Å². The van der Waals surface area contributed by atoms with Gasteiger partial charge in [-0.15, -0.1) is 0 Å². The van der Waals surface area contributed by atoms with Crippen LogP contribution in [0.2, 0.25) is 0 Å². The molecule has 0 atom stereocenters. The molecule has 3 aromatic rings. The van der Waals surface area contributed by atoms with Gasteiger partial charge in [0, 0.05) is 11.5 Å². The van der Waals surface area contributed by atoms with Gasteiger partial charge in [-0.2, -0.15) is 0 Å². The standard InChI is InChI=1S/C26H29N/c1-4-5-18-27-26(2,3)24-17-11-10-16-23(24)25-21-14-8-6-12-19(21)20-13-7-9-15-22(20)25/h6-17,25,27H,4-5,18H2,1-3H3. The molecular formula is C26H29N. The van der Waals surface area contributed by atoms with Crippen molar-refractivity contribution >= 4 is 0 Å². The Hall–Kier alpha value is -2.38. The van der Waals surface area contributed by atoms with E-state index in [9.17, 15) is 0 Å². The first-order valence-electron chi connectivity index (χ1n) is 10.2. The predicted octanol–water partition coefficient (Wildman–Crippen LogP) is 6.47. The summed E-state index contributed by atoms with van der Waals surface area (Å²) in [6, 6.07) is 26.8. The maximum atomic E-state index is 3.79. The Morgan fingerprint density at radius 2 is 1.26 bits per heavy atom. The molecule has 27 heavy (non-hydrogen) atoms. The number of benzene rings is 3. The third-order valence-electron chi connectivity index (χ3n) is 5.88. The molecule has 0 bridgehead atoms. The van der Waals surface area contributed by atoms with Gasteiger partial charge in [-0.3, -0.25) is 0 Å². The number of fused-ring (bicyclic) bond motifs is 3. The second kappa shape index (κ2) is 7.32. The number of rotatable bonds is 6. The van der Waals surface area contributed by atoms with Gasteiger partial charge < -0.3 is 5.32 Å². The first-order valence-corrected chi connectivity index (χ1v) is 10.2. The van der Waals surface area contributed by atoms with Crippen LogP contribution in [0.1, 0.15) is 61.8 Å². The van der Waals surface area contributed by atoms with Crippen LogP contribution >= 0.6 is 0 Å². The van der Waals surface area contributed by atoms with Crippen LogP contribution in [-0.4, -0.2) is 6.54 Å².